The number of carbonyl (C=O) groups is 1. The Labute approximate surface area is 80.2 Å². The highest BCUT2D eigenvalue weighted by Gasteiger charge is 2.37. The predicted molar refractivity (Wildman–Crippen MR) is 53.5 cm³/mol. The first kappa shape index (κ1) is 8.98. The van der Waals surface area contributed by atoms with E-state index in [-0.39, 0.29) is 0 Å². The van der Waals surface area contributed by atoms with Crippen LogP contribution in [-0.4, -0.2) is 5.78 Å². The lowest BCUT2D eigenvalue weighted by atomic mass is 9.64. The molecule has 0 aromatic heterocycles. The Bertz CT molecular complexity index is 275. The van der Waals surface area contributed by atoms with Crippen LogP contribution in [0.2, 0.25) is 0 Å². The third-order valence-corrected chi connectivity index (χ3v) is 3.91. The van der Waals surface area contributed by atoms with Crippen molar-refractivity contribution < 1.29 is 4.79 Å². The van der Waals surface area contributed by atoms with Gasteiger partial charge in [0.25, 0.3) is 0 Å². The topological polar surface area (TPSA) is 17.1 Å². The van der Waals surface area contributed by atoms with E-state index in [1.807, 2.05) is 6.92 Å². The molecule has 0 aliphatic heterocycles. The van der Waals surface area contributed by atoms with Crippen LogP contribution in [0.5, 0.6) is 0 Å². The van der Waals surface area contributed by atoms with E-state index < -0.39 is 0 Å². The maximum atomic E-state index is 11.5. The van der Waals surface area contributed by atoms with E-state index in [9.17, 15) is 4.79 Å². The van der Waals surface area contributed by atoms with Gasteiger partial charge in [0.2, 0.25) is 0 Å². The Kier molecular flexibility index (Phi) is 2.05. The zero-order chi connectivity index (χ0) is 9.47. The second kappa shape index (κ2) is 2.97. The Balaban J connectivity index is 2.40. The van der Waals surface area contributed by atoms with Gasteiger partial charge < -0.3 is 0 Å². The van der Waals surface area contributed by atoms with Crippen LogP contribution >= 0.6 is 0 Å². The maximum absolute atomic E-state index is 11.5. The molecular formula is C12H18O. The SMILES string of the molecule is CC1=C2CCCC[C@@]2(C)CCC1=O. The second-order valence-corrected chi connectivity index (χ2v) is 4.79. The summed E-state index contributed by atoms with van der Waals surface area (Å²) >= 11 is 0. The van der Waals surface area contributed by atoms with Crippen molar-refractivity contribution in [2.75, 3.05) is 0 Å². The smallest absolute Gasteiger partial charge is 0.158 e. The van der Waals surface area contributed by atoms with Crippen molar-refractivity contribution >= 4 is 5.78 Å². The Morgan fingerprint density at radius 3 is 2.69 bits per heavy atom. The molecule has 1 fully saturated rings. The first-order valence-corrected chi connectivity index (χ1v) is 5.37. The van der Waals surface area contributed by atoms with Crippen LogP contribution in [0, 0.1) is 5.41 Å². The standard InChI is InChI=1S/C12H18O/c1-9-10-5-3-4-7-12(10,2)8-6-11(9)13/h3-8H2,1-2H3/t12-/m0/s1. The molecule has 0 heterocycles. The van der Waals surface area contributed by atoms with Crippen LogP contribution in [0.1, 0.15) is 52.4 Å². The van der Waals surface area contributed by atoms with Crippen LogP contribution < -0.4 is 0 Å². The molecule has 0 unspecified atom stereocenters. The summed E-state index contributed by atoms with van der Waals surface area (Å²) in [5.41, 5.74) is 2.96. The lowest BCUT2D eigenvalue weighted by Crippen LogP contribution is -2.30. The molecule has 1 heteroatoms. The molecular weight excluding hydrogens is 160 g/mol. The molecule has 0 bridgehead atoms. The van der Waals surface area contributed by atoms with Crippen LogP contribution in [0.4, 0.5) is 0 Å². The second-order valence-electron chi connectivity index (χ2n) is 4.79. The van der Waals surface area contributed by atoms with Crippen molar-refractivity contribution in [2.45, 2.75) is 52.4 Å². The van der Waals surface area contributed by atoms with Crippen LogP contribution in [0.15, 0.2) is 11.1 Å². The summed E-state index contributed by atoms with van der Waals surface area (Å²) in [4.78, 5) is 11.5. The lowest BCUT2D eigenvalue weighted by molar-refractivity contribution is -0.116. The average Bonchev–Trinajstić information content (AvgIpc) is 2.12. The zero-order valence-corrected chi connectivity index (χ0v) is 8.65. The van der Waals surface area contributed by atoms with Gasteiger partial charge in [0.15, 0.2) is 5.78 Å². The van der Waals surface area contributed by atoms with Gasteiger partial charge in [-0.05, 0) is 43.6 Å². The molecule has 1 saturated carbocycles. The molecule has 0 N–H and O–H groups in total. The molecule has 2 aliphatic rings. The molecule has 2 aliphatic carbocycles. The highest BCUT2D eigenvalue weighted by Crippen LogP contribution is 2.48. The van der Waals surface area contributed by atoms with Crippen molar-refractivity contribution in [3.05, 3.63) is 11.1 Å². The molecule has 13 heavy (non-hydrogen) atoms. The fourth-order valence-corrected chi connectivity index (χ4v) is 2.93. The van der Waals surface area contributed by atoms with Crippen LogP contribution in [0.3, 0.4) is 0 Å². The van der Waals surface area contributed by atoms with Crippen LogP contribution in [-0.2, 0) is 4.79 Å². The van der Waals surface area contributed by atoms with Gasteiger partial charge in [-0.2, -0.15) is 0 Å². The van der Waals surface area contributed by atoms with E-state index >= 15 is 0 Å². The van der Waals surface area contributed by atoms with Gasteiger partial charge in [0.05, 0.1) is 0 Å². The number of allylic oxidation sites excluding steroid dienone is 2. The van der Waals surface area contributed by atoms with E-state index in [1.54, 1.807) is 0 Å². The van der Waals surface area contributed by atoms with Gasteiger partial charge in [0, 0.05) is 6.42 Å². The zero-order valence-electron chi connectivity index (χ0n) is 8.65. The number of hydrogen-bond acceptors (Lipinski definition) is 1. The summed E-state index contributed by atoms with van der Waals surface area (Å²) in [6.07, 6.45) is 6.99. The Hall–Kier alpha value is -0.590. The number of rotatable bonds is 0. The first-order valence-electron chi connectivity index (χ1n) is 5.37. The molecule has 72 valence electrons. The summed E-state index contributed by atoms with van der Waals surface area (Å²) in [6, 6.07) is 0. The van der Waals surface area contributed by atoms with E-state index in [0.717, 1.165) is 18.4 Å². The molecule has 0 amide bonds. The predicted octanol–water partition coefficient (Wildman–Crippen LogP) is 3.25. The third-order valence-electron chi connectivity index (χ3n) is 3.91. The number of carbonyl (C=O) groups excluding carboxylic acids is 1. The van der Waals surface area contributed by atoms with Crippen molar-refractivity contribution in [1.29, 1.82) is 0 Å². The van der Waals surface area contributed by atoms with E-state index in [4.69, 9.17) is 0 Å². The Morgan fingerprint density at radius 1 is 1.15 bits per heavy atom. The van der Waals surface area contributed by atoms with Crippen molar-refractivity contribution in [2.24, 2.45) is 5.41 Å². The fraction of sp³-hybridized carbons (Fsp3) is 0.750. The van der Waals surface area contributed by atoms with E-state index in [0.29, 0.717) is 11.2 Å². The van der Waals surface area contributed by atoms with Gasteiger partial charge in [0.1, 0.15) is 0 Å². The summed E-state index contributed by atoms with van der Waals surface area (Å²) < 4.78 is 0. The largest absolute Gasteiger partial charge is 0.295 e. The van der Waals surface area contributed by atoms with Crippen molar-refractivity contribution in [1.82, 2.24) is 0 Å². The van der Waals surface area contributed by atoms with Gasteiger partial charge in [-0.15, -0.1) is 0 Å². The van der Waals surface area contributed by atoms with Crippen LogP contribution in [0.25, 0.3) is 0 Å². The number of fused-ring (bicyclic) bond motifs is 1. The summed E-state index contributed by atoms with van der Waals surface area (Å²) in [7, 11) is 0. The van der Waals surface area contributed by atoms with Crippen molar-refractivity contribution in [3.8, 4) is 0 Å². The highest BCUT2D eigenvalue weighted by atomic mass is 16.1. The third kappa shape index (κ3) is 1.34. The molecule has 0 spiro atoms. The minimum atomic E-state index is 0.385. The Morgan fingerprint density at radius 2 is 1.92 bits per heavy atom. The summed E-state index contributed by atoms with van der Waals surface area (Å²) in [5.74, 6) is 0.398. The fourth-order valence-electron chi connectivity index (χ4n) is 2.93. The van der Waals surface area contributed by atoms with Gasteiger partial charge in [-0.25, -0.2) is 0 Å². The molecule has 0 saturated heterocycles. The minimum Gasteiger partial charge on any atom is -0.295 e. The molecule has 0 aromatic rings. The normalized spacial score (nSPS) is 34.8. The molecule has 1 atom stereocenters. The molecule has 0 aromatic carbocycles. The van der Waals surface area contributed by atoms with Gasteiger partial charge in [-0.3, -0.25) is 4.79 Å². The van der Waals surface area contributed by atoms with E-state index in [2.05, 4.69) is 6.92 Å². The number of Topliss-reactive ketones (excluding diaryl/α,β-unsaturated/α-hetero) is 1. The molecule has 2 rings (SSSR count). The quantitative estimate of drug-likeness (QED) is 0.556. The lowest BCUT2D eigenvalue weighted by Gasteiger charge is -2.40. The number of ketones is 1. The minimum absolute atomic E-state index is 0.385. The van der Waals surface area contributed by atoms with E-state index in [1.165, 1.54) is 31.3 Å². The highest BCUT2D eigenvalue weighted by molar-refractivity contribution is 5.96. The monoisotopic (exact) mass is 178 g/mol. The number of hydrogen-bond donors (Lipinski definition) is 0. The first-order chi connectivity index (χ1) is 6.13. The van der Waals surface area contributed by atoms with Gasteiger partial charge in [-0.1, -0.05) is 18.9 Å². The average molecular weight is 178 g/mol. The van der Waals surface area contributed by atoms with Gasteiger partial charge >= 0.3 is 0 Å². The summed E-state index contributed by atoms with van der Waals surface area (Å²) in [5, 5.41) is 0. The summed E-state index contributed by atoms with van der Waals surface area (Å²) in [6.45, 7) is 4.37. The maximum Gasteiger partial charge on any atom is 0.158 e. The van der Waals surface area contributed by atoms with Crippen molar-refractivity contribution in [3.63, 3.8) is 0 Å². The molecule has 1 nitrogen and oxygen atoms in total. The molecule has 0 radical (unpaired) electrons.